The summed E-state index contributed by atoms with van der Waals surface area (Å²) in [7, 11) is 3.23. The van der Waals surface area contributed by atoms with Crippen LogP contribution in [0.3, 0.4) is 0 Å². The Morgan fingerprint density at radius 3 is 2.05 bits per heavy atom. The summed E-state index contributed by atoms with van der Waals surface area (Å²) in [4.78, 5) is 11.6. The van der Waals surface area contributed by atoms with Gasteiger partial charge in [0.25, 0.3) is 0 Å². The van der Waals surface area contributed by atoms with Crippen LogP contribution in [0.4, 0.5) is 0 Å². The first-order valence-electron chi connectivity index (χ1n) is 13.0. The lowest BCUT2D eigenvalue weighted by Gasteiger charge is -2.23. The first-order chi connectivity index (χ1) is 18.6. The molecule has 1 aliphatic rings. The van der Waals surface area contributed by atoms with Crippen LogP contribution in [0, 0.1) is 11.8 Å². The summed E-state index contributed by atoms with van der Waals surface area (Å²) in [5.41, 5.74) is 1.91. The predicted octanol–water partition coefficient (Wildman–Crippen LogP) is 4.98. The van der Waals surface area contributed by atoms with Gasteiger partial charge in [0.1, 0.15) is 18.1 Å². The minimum atomic E-state index is -0.925. The minimum absolute atomic E-state index is 0.131. The number of hydrogen-bond donors (Lipinski definition) is 1. The molecule has 3 rings (SSSR count). The van der Waals surface area contributed by atoms with Crippen LogP contribution in [0.1, 0.15) is 49.7 Å². The van der Waals surface area contributed by atoms with E-state index >= 15 is 0 Å². The Hall–Kier alpha value is -3.09. The SMILES string of the molecule is COc1ccc(CO[C@H](CC#CCOC2CCCCO2)C[C@@H](CC(=O)O)OCc2ccc(OC)cc2)cc1. The predicted molar refractivity (Wildman–Crippen MR) is 142 cm³/mol. The third kappa shape index (κ3) is 11.1. The summed E-state index contributed by atoms with van der Waals surface area (Å²) in [5.74, 6) is 6.77. The molecule has 8 heteroatoms. The van der Waals surface area contributed by atoms with Gasteiger partial charge >= 0.3 is 5.97 Å². The second kappa shape index (κ2) is 16.7. The highest BCUT2D eigenvalue weighted by Gasteiger charge is 2.21. The molecule has 1 fully saturated rings. The molecular weight excluding hydrogens is 488 g/mol. The van der Waals surface area contributed by atoms with Crippen LogP contribution in [0.15, 0.2) is 48.5 Å². The fourth-order valence-electron chi connectivity index (χ4n) is 3.99. The molecule has 206 valence electrons. The van der Waals surface area contributed by atoms with E-state index in [1.54, 1.807) is 14.2 Å². The van der Waals surface area contributed by atoms with E-state index in [2.05, 4.69) is 11.8 Å². The van der Waals surface area contributed by atoms with Gasteiger partial charge in [-0.15, -0.1) is 0 Å². The summed E-state index contributed by atoms with van der Waals surface area (Å²) in [6.45, 7) is 1.65. The Bertz CT molecular complexity index is 1000. The highest BCUT2D eigenvalue weighted by Crippen LogP contribution is 2.19. The highest BCUT2D eigenvalue weighted by molar-refractivity contribution is 5.67. The number of benzene rings is 2. The standard InChI is InChI=1S/C30H38O8/c1-33-25-13-9-23(10-14-25)21-37-27(7-3-5-17-35-30-8-4-6-18-36-30)19-28(20-29(31)32)38-22-24-11-15-26(34-2)16-12-24/h9-16,27-28,30H,4,6-8,17-22H2,1-2H3,(H,31,32)/t27-,28+,30?/m1/s1. The molecule has 2 aromatic rings. The lowest BCUT2D eigenvalue weighted by molar-refractivity contribution is -0.154. The third-order valence-corrected chi connectivity index (χ3v) is 6.15. The molecule has 0 aromatic heterocycles. The molecule has 0 radical (unpaired) electrons. The fourth-order valence-corrected chi connectivity index (χ4v) is 3.99. The summed E-state index contributed by atoms with van der Waals surface area (Å²) in [6.07, 6.45) is 2.68. The van der Waals surface area contributed by atoms with Gasteiger partial charge < -0.3 is 33.5 Å². The van der Waals surface area contributed by atoms with E-state index in [1.807, 2.05) is 48.5 Å². The molecule has 1 heterocycles. The van der Waals surface area contributed by atoms with Crippen LogP contribution in [-0.4, -0.2) is 57.0 Å². The van der Waals surface area contributed by atoms with Gasteiger partial charge in [-0.25, -0.2) is 0 Å². The summed E-state index contributed by atoms with van der Waals surface area (Å²) < 4.78 is 33.9. The molecule has 8 nitrogen and oxygen atoms in total. The monoisotopic (exact) mass is 526 g/mol. The number of hydrogen-bond acceptors (Lipinski definition) is 7. The molecule has 3 atom stereocenters. The summed E-state index contributed by atoms with van der Waals surface area (Å²) in [5, 5.41) is 9.48. The molecule has 0 amide bonds. The molecule has 1 aliphatic heterocycles. The first kappa shape index (κ1) is 29.5. The summed E-state index contributed by atoms with van der Waals surface area (Å²) >= 11 is 0. The van der Waals surface area contributed by atoms with E-state index in [0.717, 1.165) is 48.5 Å². The average molecular weight is 527 g/mol. The first-order valence-corrected chi connectivity index (χ1v) is 13.0. The molecule has 2 aromatic carbocycles. The largest absolute Gasteiger partial charge is 0.497 e. The number of rotatable bonds is 15. The van der Waals surface area contributed by atoms with Crippen molar-refractivity contribution in [3.8, 4) is 23.3 Å². The number of carboxylic acids is 1. The Balaban J connectivity index is 1.59. The summed E-state index contributed by atoms with van der Waals surface area (Å²) in [6, 6.07) is 15.1. The highest BCUT2D eigenvalue weighted by atomic mass is 16.7. The van der Waals surface area contributed by atoms with Gasteiger partial charge in [-0.2, -0.15) is 0 Å². The maximum atomic E-state index is 11.6. The van der Waals surface area contributed by atoms with Crippen LogP contribution in [0.5, 0.6) is 11.5 Å². The van der Waals surface area contributed by atoms with Gasteiger partial charge in [-0.3, -0.25) is 4.79 Å². The van der Waals surface area contributed by atoms with Crippen molar-refractivity contribution in [1.82, 2.24) is 0 Å². The van der Waals surface area contributed by atoms with Gasteiger partial charge in [-0.05, 0) is 54.7 Å². The zero-order valence-electron chi connectivity index (χ0n) is 22.2. The van der Waals surface area contributed by atoms with Crippen molar-refractivity contribution >= 4 is 5.97 Å². The van der Waals surface area contributed by atoms with E-state index in [4.69, 9.17) is 28.4 Å². The van der Waals surface area contributed by atoms with Crippen molar-refractivity contribution in [3.63, 3.8) is 0 Å². The van der Waals surface area contributed by atoms with Crippen LogP contribution < -0.4 is 9.47 Å². The number of aliphatic carboxylic acids is 1. The van der Waals surface area contributed by atoms with E-state index in [9.17, 15) is 9.90 Å². The van der Waals surface area contributed by atoms with Crippen molar-refractivity contribution in [1.29, 1.82) is 0 Å². The van der Waals surface area contributed by atoms with Gasteiger partial charge in [0.05, 0.1) is 46.1 Å². The Kier molecular flexibility index (Phi) is 12.9. The molecule has 0 spiro atoms. The lowest BCUT2D eigenvalue weighted by atomic mass is 10.1. The normalized spacial score (nSPS) is 16.6. The van der Waals surface area contributed by atoms with Crippen molar-refractivity contribution < 1.29 is 38.3 Å². The average Bonchev–Trinajstić information content (AvgIpc) is 2.95. The molecule has 1 saturated heterocycles. The van der Waals surface area contributed by atoms with Crippen LogP contribution in [-0.2, 0) is 37.0 Å². The van der Waals surface area contributed by atoms with Crippen LogP contribution in [0.2, 0.25) is 0 Å². The van der Waals surface area contributed by atoms with E-state index < -0.39 is 12.1 Å². The third-order valence-electron chi connectivity index (χ3n) is 6.15. The quantitative estimate of drug-likeness (QED) is 0.325. The molecule has 0 bridgehead atoms. The Labute approximate surface area is 225 Å². The Morgan fingerprint density at radius 1 is 0.921 bits per heavy atom. The fraction of sp³-hybridized carbons (Fsp3) is 0.500. The molecule has 0 saturated carbocycles. The zero-order chi connectivity index (χ0) is 27.0. The van der Waals surface area contributed by atoms with Crippen molar-refractivity contribution in [2.45, 2.75) is 70.2 Å². The Morgan fingerprint density at radius 2 is 1.53 bits per heavy atom. The molecule has 1 N–H and O–H groups in total. The van der Waals surface area contributed by atoms with Crippen molar-refractivity contribution in [2.75, 3.05) is 27.4 Å². The van der Waals surface area contributed by atoms with E-state index in [1.165, 1.54) is 0 Å². The van der Waals surface area contributed by atoms with Gasteiger partial charge in [-0.1, -0.05) is 36.1 Å². The maximum absolute atomic E-state index is 11.6. The number of ether oxygens (including phenoxy) is 6. The van der Waals surface area contributed by atoms with Crippen LogP contribution in [0.25, 0.3) is 0 Å². The molecule has 1 unspecified atom stereocenters. The molecule has 0 aliphatic carbocycles. The molecule has 38 heavy (non-hydrogen) atoms. The number of methoxy groups -OCH3 is 2. The van der Waals surface area contributed by atoms with E-state index in [0.29, 0.717) is 19.4 Å². The van der Waals surface area contributed by atoms with E-state index in [-0.39, 0.29) is 32.0 Å². The van der Waals surface area contributed by atoms with Gasteiger partial charge in [0.15, 0.2) is 6.29 Å². The topological polar surface area (TPSA) is 92.7 Å². The second-order valence-electron chi connectivity index (χ2n) is 9.06. The second-order valence-corrected chi connectivity index (χ2v) is 9.06. The lowest BCUT2D eigenvalue weighted by Crippen LogP contribution is -2.25. The number of carbonyl (C=O) groups is 1. The van der Waals surface area contributed by atoms with Gasteiger partial charge in [0, 0.05) is 19.4 Å². The zero-order valence-corrected chi connectivity index (χ0v) is 22.2. The maximum Gasteiger partial charge on any atom is 0.305 e. The van der Waals surface area contributed by atoms with Crippen molar-refractivity contribution in [3.05, 3.63) is 59.7 Å². The number of carboxylic acid groups (broad SMARTS) is 1. The van der Waals surface area contributed by atoms with Crippen LogP contribution >= 0.6 is 0 Å². The smallest absolute Gasteiger partial charge is 0.305 e. The minimum Gasteiger partial charge on any atom is -0.497 e. The molecular formula is C30H38O8. The van der Waals surface area contributed by atoms with Gasteiger partial charge in [0.2, 0.25) is 0 Å². The van der Waals surface area contributed by atoms with Crippen molar-refractivity contribution in [2.24, 2.45) is 0 Å².